The minimum absolute atomic E-state index is 0.173. The van der Waals surface area contributed by atoms with E-state index in [1.165, 1.54) is 0 Å². The molecule has 4 nitrogen and oxygen atoms in total. The second kappa shape index (κ2) is 6.63. The van der Waals surface area contributed by atoms with E-state index in [0.717, 1.165) is 19.3 Å². The molecule has 5 heteroatoms. The predicted octanol–water partition coefficient (Wildman–Crippen LogP) is 1.90. The van der Waals surface area contributed by atoms with Gasteiger partial charge in [0.25, 0.3) is 5.91 Å². The highest BCUT2D eigenvalue weighted by molar-refractivity contribution is 9.10. The first-order chi connectivity index (χ1) is 7.24. The number of carbonyl (C=O) groups excluding carboxylic acids is 1. The van der Waals surface area contributed by atoms with Gasteiger partial charge in [-0.25, -0.2) is 0 Å². The second-order valence-corrected chi connectivity index (χ2v) is 3.99. The maximum atomic E-state index is 11.4. The maximum absolute atomic E-state index is 11.4. The largest absolute Gasteiger partial charge is 0.444 e. The van der Waals surface area contributed by atoms with E-state index in [9.17, 15) is 4.79 Å². The smallest absolute Gasteiger partial charge is 0.287 e. The Balaban J connectivity index is 2.19. The molecule has 1 aromatic rings. The Hall–Kier alpha value is -0.810. The molecule has 0 bridgehead atoms. The van der Waals surface area contributed by atoms with Crippen molar-refractivity contribution in [3.05, 3.63) is 22.6 Å². The molecular formula is C10H15BrN2O2. The Kier molecular flexibility index (Phi) is 5.42. The van der Waals surface area contributed by atoms with Gasteiger partial charge in [-0.1, -0.05) is 6.42 Å². The van der Waals surface area contributed by atoms with Crippen molar-refractivity contribution in [2.24, 2.45) is 5.73 Å². The van der Waals surface area contributed by atoms with E-state index in [0.29, 0.717) is 23.5 Å². The van der Waals surface area contributed by atoms with Crippen LogP contribution in [0, 0.1) is 0 Å². The van der Waals surface area contributed by atoms with E-state index in [-0.39, 0.29) is 5.91 Å². The van der Waals surface area contributed by atoms with E-state index in [1.54, 1.807) is 12.1 Å². The summed E-state index contributed by atoms with van der Waals surface area (Å²) in [4.78, 5) is 11.4. The number of carbonyl (C=O) groups is 1. The molecule has 0 saturated heterocycles. The second-order valence-electron chi connectivity index (χ2n) is 3.21. The topological polar surface area (TPSA) is 68.3 Å². The quantitative estimate of drug-likeness (QED) is 0.779. The van der Waals surface area contributed by atoms with E-state index in [4.69, 9.17) is 10.2 Å². The molecule has 0 saturated carbocycles. The van der Waals surface area contributed by atoms with Crippen LogP contribution in [-0.2, 0) is 0 Å². The molecular weight excluding hydrogens is 260 g/mol. The third kappa shape index (κ3) is 4.48. The fraction of sp³-hybridized carbons (Fsp3) is 0.500. The van der Waals surface area contributed by atoms with Gasteiger partial charge in [0.15, 0.2) is 10.4 Å². The molecule has 1 amide bonds. The van der Waals surface area contributed by atoms with Crippen molar-refractivity contribution in [3.8, 4) is 0 Å². The molecule has 1 heterocycles. The van der Waals surface area contributed by atoms with Crippen LogP contribution in [0.2, 0.25) is 0 Å². The first-order valence-corrected chi connectivity index (χ1v) is 5.77. The Bertz CT molecular complexity index is 312. The van der Waals surface area contributed by atoms with Gasteiger partial charge in [-0.15, -0.1) is 0 Å². The molecule has 0 atom stereocenters. The van der Waals surface area contributed by atoms with Gasteiger partial charge in [-0.2, -0.15) is 0 Å². The molecule has 0 radical (unpaired) electrons. The van der Waals surface area contributed by atoms with Gasteiger partial charge in [0.2, 0.25) is 0 Å². The van der Waals surface area contributed by atoms with Crippen LogP contribution < -0.4 is 11.1 Å². The monoisotopic (exact) mass is 274 g/mol. The van der Waals surface area contributed by atoms with E-state index < -0.39 is 0 Å². The van der Waals surface area contributed by atoms with Gasteiger partial charge in [0.05, 0.1) is 0 Å². The van der Waals surface area contributed by atoms with Crippen LogP contribution in [-0.4, -0.2) is 19.0 Å². The Morgan fingerprint density at radius 2 is 2.20 bits per heavy atom. The number of hydrogen-bond donors (Lipinski definition) is 2. The molecule has 3 N–H and O–H groups in total. The normalized spacial score (nSPS) is 10.3. The van der Waals surface area contributed by atoms with Crippen molar-refractivity contribution in [3.63, 3.8) is 0 Å². The van der Waals surface area contributed by atoms with Gasteiger partial charge < -0.3 is 15.5 Å². The summed E-state index contributed by atoms with van der Waals surface area (Å²) >= 11 is 3.14. The van der Waals surface area contributed by atoms with Crippen molar-refractivity contribution in [2.75, 3.05) is 13.1 Å². The average molecular weight is 275 g/mol. The molecule has 84 valence electrons. The number of amides is 1. The highest BCUT2D eigenvalue weighted by atomic mass is 79.9. The van der Waals surface area contributed by atoms with E-state index in [1.807, 2.05) is 0 Å². The average Bonchev–Trinajstić information content (AvgIpc) is 2.64. The molecule has 0 aliphatic rings. The summed E-state index contributed by atoms with van der Waals surface area (Å²) in [6.45, 7) is 1.37. The fourth-order valence-corrected chi connectivity index (χ4v) is 1.48. The van der Waals surface area contributed by atoms with Crippen molar-refractivity contribution in [1.82, 2.24) is 5.32 Å². The maximum Gasteiger partial charge on any atom is 0.287 e. The number of furan rings is 1. The minimum atomic E-state index is -0.173. The summed E-state index contributed by atoms with van der Waals surface area (Å²) in [6.07, 6.45) is 2.99. The van der Waals surface area contributed by atoms with Gasteiger partial charge in [-0.05, 0) is 47.4 Å². The van der Waals surface area contributed by atoms with Crippen LogP contribution in [0.25, 0.3) is 0 Å². The molecule has 0 spiro atoms. The van der Waals surface area contributed by atoms with Crippen LogP contribution in [0.4, 0.5) is 0 Å². The summed E-state index contributed by atoms with van der Waals surface area (Å²) in [5, 5.41) is 2.78. The van der Waals surface area contributed by atoms with Gasteiger partial charge >= 0.3 is 0 Å². The van der Waals surface area contributed by atoms with Gasteiger partial charge in [-0.3, -0.25) is 4.79 Å². The SMILES string of the molecule is NCCCCCNC(=O)c1ccc(Br)o1. The molecule has 0 unspecified atom stereocenters. The van der Waals surface area contributed by atoms with Crippen molar-refractivity contribution >= 4 is 21.8 Å². The Labute approximate surface area is 97.3 Å². The third-order valence-corrected chi connectivity index (χ3v) is 2.39. The minimum Gasteiger partial charge on any atom is -0.444 e. The number of unbranched alkanes of at least 4 members (excludes halogenated alkanes) is 2. The van der Waals surface area contributed by atoms with E-state index in [2.05, 4.69) is 21.2 Å². The third-order valence-electron chi connectivity index (χ3n) is 1.96. The lowest BCUT2D eigenvalue weighted by Crippen LogP contribution is -2.24. The van der Waals surface area contributed by atoms with Crippen molar-refractivity contribution in [2.45, 2.75) is 19.3 Å². The molecule has 0 aliphatic carbocycles. The lowest BCUT2D eigenvalue weighted by atomic mass is 10.2. The summed E-state index contributed by atoms with van der Waals surface area (Å²) < 4.78 is 5.67. The van der Waals surface area contributed by atoms with Crippen molar-refractivity contribution < 1.29 is 9.21 Å². The molecule has 0 aromatic carbocycles. The van der Waals surface area contributed by atoms with Crippen LogP contribution in [0.15, 0.2) is 21.2 Å². The molecule has 15 heavy (non-hydrogen) atoms. The zero-order valence-electron chi connectivity index (χ0n) is 8.46. The van der Waals surface area contributed by atoms with Crippen LogP contribution >= 0.6 is 15.9 Å². The highest BCUT2D eigenvalue weighted by Gasteiger charge is 2.08. The summed E-state index contributed by atoms with van der Waals surface area (Å²) in [7, 11) is 0. The molecule has 1 rings (SSSR count). The van der Waals surface area contributed by atoms with Crippen LogP contribution in [0.5, 0.6) is 0 Å². The number of hydrogen-bond acceptors (Lipinski definition) is 3. The van der Waals surface area contributed by atoms with Crippen LogP contribution in [0.1, 0.15) is 29.8 Å². The fourth-order valence-electron chi connectivity index (χ4n) is 1.17. The summed E-state index contributed by atoms with van der Waals surface area (Å²) in [5.74, 6) is 0.161. The Morgan fingerprint density at radius 3 is 2.80 bits per heavy atom. The zero-order valence-corrected chi connectivity index (χ0v) is 10.0. The first-order valence-electron chi connectivity index (χ1n) is 4.97. The standard InChI is InChI=1S/C10H15BrN2O2/c11-9-5-4-8(15-9)10(14)13-7-3-1-2-6-12/h4-5H,1-3,6-7,12H2,(H,13,14). The summed E-state index contributed by atoms with van der Waals surface area (Å²) in [6, 6.07) is 3.34. The van der Waals surface area contributed by atoms with Gasteiger partial charge in [0, 0.05) is 6.54 Å². The predicted molar refractivity (Wildman–Crippen MR) is 61.6 cm³/mol. The lowest BCUT2D eigenvalue weighted by Gasteiger charge is -2.02. The first kappa shape index (κ1) is 12.3. The number of halogens is 1. The van der Waals surface area contributed by atoms with Crippen LogP contribution in [0.3, 0.4) is 0 Å². The number of nitrogens with two attached hydrogens (primary N) is 1. The lowest BCUT2D eigenvalue weighted by molar-refractivity contribution is 0.0924. The highest BCUT2D eigenvalue weighted by Crippen LogP contribution is 2.13. The van der Waals surface area contributed by atoms with Crippen molar-refractivity contribution in [1.29, 1.82) is 0 Å². The van der Waals surface area contributed by atoms with E-state index >= 15 is 0 Å². The zero-order chi connectivity index (χ0) is 11.1. The molecule has 1 aromatic heterocycles. The Morgan fingerprint density at radius 1 is 1.40 bits per heavy atom. The van der Waals surface area contributed by atoms with Gasteiger partial charge in [0.1, 0.15) is 0 Å². The number of rotatable bonds is 6. The summed E-state index contributed by atoms with van der Waals surface area (Å²) in [5.41, 5.74) is 5.36. The molecule has 0 fully saturated rings. The molecule has 0 aliphatic heterocycles. The number of nitrogens with one attached hydrogen (secondary N) is 1.